The van der Waals surface area contributed by atoms with Crippen LogP contribution < -0.4 is 10.6 Å². The fraction of sp³-hybridized carbons (Fsp3) is 0.0435. The average molecular weight is 422 g/mol. The molecule has 0 saturated carbocycles. The number of anilines is 1. The molecule has 0 aromatic heterocycles. The van der Waals surface area contributed by atoms with Crippen LogP contribution in [0.3, 0.4) is 0 Å². The lowest BCUT2D eigenvalue weighted by atomic mass is 9.98. The molecule has 29 heavy (non-hydrogen) atoms. The molecule has 0 spiro atoms. The van der Waals surface area contributed by atoms with Gasteiger partial charge in [-0.15, -0.1) is 0 Å². The number of rotatable bonds is 6. The smallest absolute Gasteiger partial charge is 0.264 e. The summed E-state index contributed by atoms with van der Waals surface area (Å²) >= 11 is 12.0. The number of carbonyl (C=O) groups is 1. The Morgan fingerprint density at radius 1 is 0.931 bits per heavy atom. The zero-order valence-electron chi connectivity index (χ0n) is 15.3. The van der Waals surface area contributed by atoms with Crippen LogP contribution in [-0.4, -0.2) is 5.91 Å². The third kappa shape index (κ3) is 5.39. The Labute approximate surface area is 179 Å². The highest BCUT2D eigenvalue weighted by Crippen LogP contribution is 2.26. The summed E-state index contributed by atoms with van der Waals surface area (Å²) in [6.45, 7) is 0. The molecule has 144 valence electrons. The average Bonchev–Trinajstić information content (AvgIpc) is 2.75. The van der Waals surface area contributed by atoms with Gasteiger partial charge in [-0.2, -0.15) is 5.26 Å². The van der Waals surface area contributed by atoms with Gasteiger partial charge in [0, 0.05) is 11.2 Å². The summed E-state index contributed by atoms with van der Waals surface area (Å²) in [5.41, 5.74) is 2.29. The maximum absolute atomic E-state index is 12.8. The number of nitrogens with zero attached hydrogens (tertiary/aromatic N) is 1. The van der Waals surface area contributed by atoms with Crippen molar-refractivity contribution in [2.45, 2.75) is 6.04 Å². The number of hydrogen-bond donors (Lipinski definition) is 2. The lowest BCUT2D eigenvalue weighted by Gasteiger charge is -2.19. The van der Waals surface area contributed by atoms with Gasteiger partial charge in [-0.1, -0.05) is 83.9 Å². The number of nitriles is 1. The van der Waals surface area contributed by atoms with Crippen LogP contribution in [0.15, 0.2) is 90.6 Å². The molecule has 0 bridgehead atoms. The van der Waals surface area contributed by atoms with Gasteiger partial charge >= 0.3 is 0 Å². The van der Waals surface area contributed by atoms with Crippen LogP contribution in [0.4, 0.5) is 5.69 Å². The molecule has 0 aliphatic heterocycles. The van der Waals surface area contributed by atoms with E-state index in [0.717, 1.165) is 11.1 Å². The van der Waals surface area contributed by atoms with Gasteiger partial charge in [-0.3, -0.25) is 4.79 Å². The third-order valence-corrected chi connectivity index (χ3v) is 4.76. The first kappa shape index (κ1) is 20.5. The van der Waals surface area contributed by atoms with Crippen LogP contribution in [0.25, 0.3) is 0 Å². The van der Waals surface area contributed by atoms with E-state index in [4.69, 9.17) is 23.2 Å². The van der Waals surface area contributed by atoms with Gasteiger partial charge in [0.05, 0.1) is 16.8 Å². The lowest BCUT2D eigenvalue weighted by Crippen LogP contribution is -2.30. The predicted molar refractivity (Wildman–Crippen MR) is 117 cm³/mol. The molecule has 0 unspecified atom stereocenters. The first-order valence-electron chi connectivity index (χ1n) is 8.81. The van der Waals surface area contributed by atoms with E-state index in [2.05, 4.69) is 10.6 Å². The SMILES string of the molecule is N#C/C(=C/Nc1ccc(Cl)cc1Cl)C(=O)NC(c1ccccc1)c1ccccc1. The van der Waals surface area contributed by atoms with E-state index < -0.39 is 5.91 Å². The molecular weight excluding hydrogens is 405 g/mol. The van der Waals surface area contributed by atoms with Gasteiger partial charge in [0.25, 0.3) is 5.91 Å². The summed E-state index contributed by atoms with van der Waals surface area (Å²) in [4.78, 5) is 12.8. The van der Waals surface area contributed by atoms with Gasteiger partial charge < -0.3 is 10.6 Å². The second-order valence-corrected chi connectivity index (χ2v) is 7.01. The fourth-order valence-electron chi connectivity index (χ4n) is 2.76. The first-order chi connectivity index (χ1) is 14.1. The van der Waals surface area contributed by atoms with E-state index in [-0.39, 0.29) is 11.6 Å². The number of nitrogens with one attached hydrogen (secondary N) is 2. The zero-order valence-corrected chi connectivity index (χ0v) is 16.8. The van der Waals surface area contributed by atoms with Gasteiger partial charge in [0.1, 0.15) is 11.6 Å². The highest BCUT2D eigenvalue weighted by molar-refractivity contribution is 6.36. The minimum Gasteiger partial charge on any atom is -0.359 e. The van der Waals surface area contributed by atoms with Crippen molar-refractivity contribution >= 4 is 34.8 Å². The quantitative estimate of drug-likeness (QED) is 0.395. The zero-order chi connectivity index (χ0) is 20.6. The Kier molecular flexibility index (Phi) is 6.91. The summed E-state index contributed by atoms with van der Waals surface area (Å²) in [5, 5.41) is 16.2. The largest absolute Gasteiger partial charge is 0.359 e. The Bertz CT molecular complexity index is 1020. The van der Waals surface area contributed by atoms with Gasteiger partial charge in [-0.25, -0.2) is 0 Å². The summed E-state index contributed by atoms with van der Waals surface area (Å²) < 4.78 is 0. The monoisotopic (exact) mass is 421 g/mol. The molecule has 3 aromatic carbocycles. The number of benzene rings is 3. The molecule has 0 aliphatic carbocycles. The Balaban J connectivity index is 1.83. The van der Waals surface area contributed by atoms with E-state index in [9.17, 15) is 10.1 Å². The van der Waals surface area contributed by atoms with Crippen LogP contribution >= 0.6 is 23.2 Å². The van der Waals surface area contributed by atoms with Crippen molar-refractivity contribution in [1.82, 2.24) is 5.32 Å². The standard InChI is InChI=1S/C23H17Cl2N3O/c24-19-11-12-21(20(25)13-19)27-15-18(14-26)23(29)28-22(16-7-3-1-4-8-16)17-9-5-2-6-10-17/h1-13,15,22,27H,(H,28,29)/b18-15-. The second-order valence-electron chi connectivity index (χ2n) is 6.17. The summed E-state index contributed by atoms with van der Waals surface area (Å²) in [6.07, 6.45) is 1.33. The van der Waals surface area contributed by atoms with Crippen LogP contribution in [0, 0.1) is 11.3 Å². The third-order valence-electron chi connectivity index (χ3n) is 4.21. The van der Waals surface area contributed by atoms with E-state index >= 15 is 0 Å². The molecule has 1 amide bonds. The molecule has 0 heterocycles. The normalized spacial score (nSPS) is 11.0. The highest BCUT2D eigenvalue weighted by atomic mass is 35.5. The number of halogens is 2. The maximum Gasteiger partial charge on any atom is 0.264 e. The van der Waals surface area contributed by atoms with Crippen molar-refractivity contribution in [3.8, 4) is 6.07 Å². The number of carbonyl (C=O) groups excluding carboxylic acids is 1. The Morgan fingerprint density at radius 2 is 1.52 bits per heavy atom. The van der Waals surface area contributed by atoms with Crippen molar-refractivity contribution in [1.29, 1.82) is 5.26 Å². The molecule has 6 heteroatoms. The summed E-state index contributed by atoms with van der Waals surface area (Å²) in [7, 11) is 0. The minimum absolute atomic E-state index is 0.0760. The molecule has 0 atom stereocenters. The van der Waals surface area contributed by atoms with Crippen molar-refractivity contribution in [3.05, 3.63) is 112 Å². The van der Waals surface area contributed by atoms with Gasteiger partial charge in [0.15, 0.2) is 0 Å². The number of hydrogen-bond acceptors (Lipinski definition) is 3. The van der Waals surface area contributed by atoms with Gasteiger partial charge in [-0.05, 0) is 29.3 Å². The van der Waals surface area contributed by atoms with Crippen molar-refractivity contribution < 1.29 is 4.79 Å². The van der Waals surface area contributed by atoms with E-state index in [1.54, 1.807) is 18.2 Å². The van der Waals surface area contributed by atoms with Crippen LogP contribution in [-0.2, 0) is 4.79 Å². The Morgan fingerprint density at radius 3 is 2.03 bits per heavy atom. The topological polar surface area (TPSA) is 64.9 Å². The predicted octanol–water partition coefficient (Wildman–Crippen LogP) is 5.72. The van der Waals surface area contributed by atoms with Crippen LogP contribution in [0.1, 0.15) is 17.2 Å². The summed E-state index contributed by atoms with van der Waals surface area (Å²) in [6, 6.07) is 25.6. The Hall–Kier alpha value is -3.26. The van der Waals surface area contributed by atoms with Gasteiger partial charge in [0.2, 0.25) is 0 Å². The number of amides is 1. The molecule has 3 aromatic rings. The minimum atomic E-state index is -0.497. The van der Waals surface area contributed by atoms with Crippen molar-refractivity contribution in [3.63, 3.8) is 0 Å². The molecule has 0 aliphatic rings. The first-order valence-corrected chi connectivity index (χ1v) is 9.56. The fourth-order valence-corrected chi connectivity index (χ4v) is 3.23. The van der Waals surface area contributed by atoms with E-state index in [0.29, 0.717) is 15.7 Å². The molecular formula is C23H17Cl2N3O. The van der Waals surface area contributed by atoms with E-state index in [1.807, 2.05) is 66.7 Å². The molecule has 0 radical (unpaired) electrons. The lowest BCUT2D eigenvalue weighted by molar-refractivity contribution is -0.117. The molecule has 4 nitrogen and oxygen atoms in total. The molecule has 0 saturated heterocycles. The maximum atomic E-state index is 12.8. The second kappa shape index (κ2) is 9.79. The molecule has 0 fully saturated rings. The molecule has 3 rings (SSSR count). The van der Waals surface area contributed by atoms with Crippen LogP contribution in [0.2, 0.25) is 10.0 Å². The van der Waals surface area contributed by atoms with Crippen molar-refractivity contribution in [2.24, 2.45) is 0 Å². The molecule has 2 N–H and O–H groups in total. The van der Waals surface area contributed by atoms with Crippen LogP contribution in [0.5, 0.6) is 0 Å². The van der Waals surface area contributed by atoms with E-state index in [1.165, 1.54) is 6.20 Å². The highest BCUT2D eigenvalue weighted by Gasteiger charge is 2.19. The van der Waals surface area contributed by atoms with Crippen molar-refractivity contribution in [2.75, 3.05) is 5.32 Å². The summed E-state index contributed by atoms with van der Waals surface area (Å²) in [5.74, 6) is -0.497.